The fourth-order valence-electron chi connectivity index (χ4n) is 2.74. The van der Waals surface area contributed by atoms with Crippen molar-refractivity contribution in [2.45, 2.75) is 39.5 Å². The zero-order valence-corrected chi connectivity index (χ0v) is 15.2. The molecule has 25 heavy (non-hydrogen) atoms. The van der Waals surface area contributed by atoms with Gasteiger partial charge in [-0.3, -0.25) is 4.79 Å². The maximum absolute atomic E-state index is 12.6. The normalized spacial score (nSPS) is 10.5. The van der Waals surface area contributed by atoms with Gasteiger partial charge in [0, 0.05) is 25.7 Å². The van der Waals surface area contributed by atoms with Crippen molar-refractivity contribution in [3.8, 4) is 0 Å². The van der Waals surface area contributed by atoms with Crippen molar-refractivity contribution in [1.82, 2.24) is 14.9 Å². The van der Waals surface area contributed by atoms with Gasteiger partial charge in [0.1, 0.15) is 17.8 Å². The molecule has 1 N–H and O–H groups in total. The first-order valence-electron chi connectivity index (χ1n) is 9.13. The second-order valence-corrected chi connectivity index (χ2v) is 6.10. The van der Waals surface area contributed by atoms with Gasteiger partial charge in [0.2, 0.25) is 0 Å². The molecule has 2 aromatic rings. The average molecular weight is 340 g/mol. The van der Waals surface area contributed by atoms with Crippen LogP contribution in [0.4, 0.5) is 5.82 Å². The summed E-state index contributed by atoms with van der Waals surface area (Å²) in [6.07, 6.45) is 5.38. The number of anilines is 1. The Morgan fingerprint density at radius 3 is 2.48 bits per heavy atom. The van der Waals surface area contributed by atoms with E-state index in [4.69, 9.17) is 0 Å². The lowest BCUT2D eigenvalue weighted by Crippen LogP contribution is -2.33. The second kappa shape index (κ2) is 10.4. The van der Waals surface area contributed by atoms with Gasteiger partial charge in [0.25, 0.3) is 5.91 Å². The Kier molecular flexibility index (Phi) is 7.89. The van der Waals surface area contributed by atoms with Crippen LogP contribution in [-0.2, 0) is 6.42 Å². The third-order valence-electron chi connectivity index (χ3n) is 3.95. The average Bonchev–Trinajstić information content (AvgIpc) is 2.65. The molecule has 134 valence electrons. The van der Waals surface area contributed by atoms with Crippen molar-refractivity contribution < 1.29 is 4.79 Å². The molecular weight excluding hydrogens is 312 g/mol. The van der Waals surface area contributed by atoms with Gasteiger partial charge in [-0.25, -0.2) is 9.97 Å². The quantitative estimate of drug-likeness (QED) is 0.669. The number of carbonyl (C=O) groups excluding carboxylic acids is 1. The van der Waals surface area contributed by atoms with Gasteiger partial charge in [-0.1, -0.05) is 44.2 Å². The van der Waals surface area contributed by atoms with E-state index in [2.05, 4.69) is 53.4 Å². The maximum Gasteiger partial charge on any atom is 0.272 e. The zero-order chi connectivity index (χ0) is 17.9. The van der Waals surface area contributed by atoms with E-state index in [0.717, 1.165) is 45.3 Å². The number of nitrogens with zero attached hydrogens (tertiary/aromatic N) is 3. The molecule has 0 aliphatic heterocycles. The van der Waals surface area contributed by atoms with Gasteiger partial charge in [0.15, 0.2) is 0 Å². The van der Waals surface area contributed by atoms with E-state index < -0.39 is 0 Å². The molecule has 0 fully saturated rings. The molecule has 0 atom stereocenters. The summed E-state index contributed by atoms with van der Waals surface area (Å²) in [7, 11) is 0. The number of aryl methyl sites for hydroxylation is 1. The van der Waals surface area contributed by atoms with E-state index in [9.17, 15) is 4.79 Å². The Hall–Kier alpha value is -2.43. The van der Waals surface area contributed by atoms with Crippen LogP contribution in [0, 0.1) is 0 Å². The minimum Gasteiger partial charge on any atom is -0.370 e. The number of rotatable bonds is 10. The predicted octanol–water partition coefficient (Wildman–Crippen LogP) is 3.78. The topological polar surface area (TPSA) is 58.1 Å². The van der Waals surface area contributed by atoms with E-state index in [1.54, 1.807) is 6.07 Å². The van der Waals surface area contributed by atoms with Crippen LogP contribution in [0.3, 0.4) is 0 Å². The van der Waals surface area contributed by atoms with Crippen LogP contribution in [0.5, 0.6) is 0 Å². The van der Waals surface area contributed by atoms with Crippen molar-refractivity contribution in [1.29, 1.82) is 0 Å². The highest BCUT2D eigenvalue weighted by Gasteiger charge is 2.16. The lowest BCUT2D eigenvalue weighted by Gasteiger charge is -2.21. The van der Waals surface area contributed by atoms with Crippen molar-refractivity contribution in [2.75, 3.05) is 25.0 Å². The Labute approximate surface area is 150 Å². The van der Waals surface area contributed by atoms with Crippen LogP contribution in [0.25, 0.3) is 0 Å². The second-order valence-electron chi connectivity index (χ2n) is 6.10. The van der Waals surface area contributed by atoms with Crippen LogP contribution in [0.15, 0.2) is 42.7 Å². The summed E-state index contributed by atoms with van der Waals surface area (Å²) in [5.41, 5.74) is 1.79. The largest absolute Gasteiger partial charge is 0.370 e. The molecule has 1 amide bonds. The molecule has 0 saturated heterocycles. The Bertz CT molecular complexity index is 639. The first-order chi connectivity index (χ1) is 12.2. The fourth-order valence-corrected chi connectivity index (χ4v) is 2.74. The number of carbonyl (C=O) groups is 1. The number of hydrogen-bond acceptors (Lipinski definition) is 4. The summed E-state index contributed by atoms with van der Waals surface area (Å²) < 4.78 is 0. The van der Waals surface area contributed by atoms with E-state index in [-0.39, 0.29) is 5.91 Å². The van der Waals surface area contributed by atoms with Gasteiger partial charge in [-0.15, -0.1) is 0 Å². The molecular formula is C20H28N4O. The molecule has 0 bridgehead atoms. The SMILES string of the molecule is CCCN(CCC)C(=O)c1cc(NCCCc2ccccc2)ncn1. The maximum atomic E-state index is 12.6. The molecule has 1 aromatic heterocycles. The molecule has 0 aliphatic rings. The highest BCUT2D eigenvalue weighted by atomic mass is 16.2. The molecule has 1 heterocycles. The number of aromatic nitrogens is 2. The minimum atomic E-state index is -0.0153. The monoisotopic (exact) mass is 340 g/mol. The number of amides is 1. The lowest BCUT2D eigenvalue weighted by atomic mass is 10.1. The number of hydrogen-bond donors (Lipinski definition) is 1. The van der Waals surface area contributed by atoms with Gasteiger partial charge < -0.3 is 10.2 Å². The van der Waals surface area contributed by atoms with E-state index in [1.807, 2.05) is 11.0 Å². The molecule has 0 spiro atoms. The highest BCUT2D eigenvalue weighted by Crippen LogP contribution is 2.09. The summed E-state index contributed by atoms with van der Waals surface area (Å²) in [4.78, 5) is 22.8. The van der Waals surface area contributed by atoms with Gasteiger partial charge in [-0.05, 0) is 31.2 Å². The molecule has 0 aliphatic carbocycles. The molecule has 2 rings (SSSR count). The molecule has 5 nitrogen and oxygen atoms in total. The lowest BCUT2D eigenvalue weighted by molar-refractivity contribution is 0.0749. The molecule has 0 radical (unpaired) electrons. The Morgan fingerprint density at radius 1 is 1.08 bits per heavy atom. The summed E-state index contributed by atoms with van der Waals surface area (Å²) in [5.74, 6) is 0.692. The summed E-state index contributed by atoms with van der Waals surface area (Å²) in [6, 6.07) is 12.2. The van der Waals surface area contributed by atoms with Crippen LogP contribution >= 0.6 is 0 Å². The van der Waals surface area contributed by atoms with Gasteiger partial charge in [-0.2, -0.15) is 0 Å². The van der Waals surface area contributed by atoms with E-state index in [0.29, 0.717) is 11.5 Å². The Morgan fingerprint density at radius 2 is 1.80 bits per heavy atom. The third-order valence-corrected chi connectivity index (χ3v) is 3.95. The van der Waals surface area contributed by atoms with Gasteiger partial charge in [0.05, 0.1) is 0 Å². The van der Waals surface area contributed by atoms with Crippen molar-refractivity contribution in [3.05, 3.63) is 54.0 Å². The van der Waals surface area contributed by atoms with Crippen LogP contribution < -0.4 is 5.32 Å². The van der Waals surface area contributed by atoms with Crippen molar-refractivity contribution in [2.24, 2.45) is 0 Å². The molecule has 0 saturated carbocycles. The number of nitrogens with one attached hydrogen (secondary N) is 1. The van der Waals surface area contributed by atoms with Gasteiger partial charge >= 0.3 is 0 Å². The van der Waals surface area contributed by atoms with Crippen LogP contribution in [0.1, 0.15) is 49.2 Å². The van der Waals surface area contributed by atoms with Crippen molar-refractivity contribution >= 4 is 11.7 Å². The number of benzene rings is 1. The molecule has 0 unspecified atom stereocenters. The highest BCUT2D eigenvalue weighted by molar-refractivity contribution is 5.92. The first-order valence-corrected chi connectivity index (χ1v) is 9.13. The Balaban J connectivity index is 1.88. The zero-order valence-electron chi connectivity index (χ0n) is 15.2. The van der Waals surface area contributed by atoms with Crippen molar-refractivity contribution in [3.63, 3.8) is 0 Å². The first kappa shape index (κ1) is 18.9. The summed E-state index contributed by atoms with van der Waals surface area (Å²) >= 11 is 0. The minimum absolute atomic E-state index is 0.0153. The van der Waals surface area contributed by atoms with Crippen LogP contribution in [-0.4, -0.2) is 40.4 Å². The summed E-state index contributed by atoms with van der Waals surface area (Å²) in [5, 5.41) is 3.29. The standard InChI is InChI=1S/C20H28N4O/c1-3-13-24(14-4-2)20(25)18-15-19(23-16-22-18)21-12-8-11-17-9-6-5-7-10-17/h5-7,9-10,15-16H,3-4,8,11-14H2,1-2H3,(H,21,22,23). The molecule has 5 heteroatoms. The molecule has 1 aromatic carbocycles. The van der Waals surface area contributed by atoms with E-state index >= 15 is 0 Å². The third kappa shape index (κ3) is 6.18. The smallest absolute Gasteiger partial charge is 0.272 e. The van der Waals surface area contributed by atoms with Crippen LogP contribution in [0.2, 0.25) is 0 Å². The van der Waals surface area contributed by atoms with E-state index in [1.165, 1.54) is 11.9 Å². The predicted molar refractivity (Wildman–Crippen MR) is 102 cm³/mol. The fraction of sp³-hybridized carbons (Fsp3) is 0.450. The summed E-state index contributed by atoms with van der Waals surface area (Å²) in [6.45, 7) is 6.49.